The van der Waals surface area contributed by atoms with Crippen LogP contribution in [0.2, 0.25) is 26.2 Å². The molecule has 0 aromatic heterocycles. The van der Waals surface area contributed by atoms with Crippen LogP contribution in [0.3, 0.4) is 0 Å². The topological polar surface area (TPSA) is 6.48 Å². The first kappa shape index (κ1) is 48.3. The zero-order chi connectivity index (χ0) is 54.8. The summed E-state index contributed by atoms with van der Waals surface area (Å²) in [7, 11) is -4.37. The van der Waals surface area contributed by atoms with Gasteiger partial charge in [0.25, 0.3) is 0 Å². The van der Waals surface area contributed by atoms with E-state index in [9.17, 15) is 0 Å². The molecule has 0 aliphatic carbocycles. The SMILES string of the molecule is C[Si]1(C)c2cc(-c3c4ccccc4c(N(c4ccccc4)c4ccccc4)c4ccccc34)ccc2-c2c1ccc1c3c(ccc21)[Si](C)(C)c1cc(-c2c4ccccc4c(N(c4ccccc4)c4ccccc4)c4ccccc24)ccc1-3. The first-order chi connectivity index (χ1) is 40.3. The van der Waals surface area contributed by atoms with Crippen LogP contribution in [0.25, 0.3) is 98.4 Å². The van der Waals surface area contributed by atoms with E-state index in [1.807, 2.05) is 0 Å². The van der Waals surface area contributed by atoms with Crippen molar-refractivity contribution in [1.29, 1.82) is 0 Å². The van der Waals surface area contributed by atoms with Crippen LogP contribution in [0.1, 0.15) is 0 Å². The summed E-state index contributed by atoms with van der Waals surface area (Å²) in [5.74, 6) is 0. The van der Waals surface area contributed by atoms with Crippen LogP contribution in [0.15, 0.2) is 279 Å². The summed E-state index contributed by atoms with van der Waals surface area (Å²) in [5, 5.41) is 18.8. The molecular formula is C78H58N2Si2. The maximum Gasteiger partial charge on any atom is 0.113 e. The highest BCUT2D eigenvalue weighted by molar-refractivity contribution is 7.05. The molecule has 14 aromatic carbocycles. The fourth-order valence-corrected chi connectivity index (χ4v) is 20.8. The second kappa shape index (κ2) is 18.5. The quantitative estimate of drug-likeness (QED) is 0.111. The summed E-state index contributed by atoms with van der Waals surface area (Å²) >= 11 is 0. The first-order valence-corrected chi connectivity index (χ1v) is 34.8. The smallest absolute Gasteiger partial charge is 0.113 e. The molecule has 0 saturated heterocycles. The fourth-order valence-electron chi connectivity index (χ4n) is 14.6. The molecule has 16 rings (SSSR count). The van der Waals surface area contributed by atoms with E-state index in [1.165, 1.54) is 130 Å². The van der Waals surface area contributed by atoms with Crippen LogP contribution in [0, 0.1) is 0 Å². The highest BCUT2D eigenvalue weighted by atomic mass is 28.3. The highest BCUT2D eigenvalue weighted by Gasteiger charge is 2.42. The Labute approximate surface area is 481 Å². The Bertz CT molecular complexity index is 4410. The summed E-state index contributed by atoms with van der Waals surface area (Å²) in [4.78, 5) is 4.89. The summed E-state index contributed by atoms with van der Waals surface area (Å²) in [5.41, 5.74) is 17.8. The number of hydrogen-bond acceptors (Lipinski definition) is 2. The third kappa shape index (κ3) is 7.11. The lowest BCUT2D eigenvalue weighted by atomic mass is 9.88. The summed E-state index contributed by atoms with van der Waals surface area (Å²) in [6, 6.07) is 105. The van der Waals surface area contributed by atoms with Crippen molar-refractivity contribution in [2.75, 3.05) is 9.80 Å². The Kier molecular flexibility index (Phi) is 10.9. The van der Waals surface area contributed by atoms with Crippen molar-refractivity contribution in [2.24, 2.45) is 0 Å². The molecule has 0 unspecified atom stereocenters. The molecule has 82 heavy (non-hydrogen) atoms. The standard InChI is InChI=1S/C78H58N2Si2/c1-81(2)69-47-45-62-61(75(69)67-43-41-51(49-71(67)81)73-57-33-17-21-37-63(57)77(64-38-22-18-34-58(64)73)79(53-25-9-5-10-26-53)54-27-11-6-12-28-54)46-48-70-76(62)68-44-42-52(50-72(68)82(70,3)4)74-59-35-19-23-39-65(59)78(66-40-24-20-36-60(66)74)80(55-29-13-7-14-30-55)56-31-15-8-16-32-56/h5-50H,1-4H3. The van der Waals surface area contributed by atoms with Crippen LogP contribution in [0.4, 0.5) is 34.1 Å². The lowest BCUT2D eigenvalue weighted by molar-refractivity contribution is 1.31. The van der Waals surface area contributed by atoms with Crippen molar-refractivity contribution in [2.45, 2.75) is 26.2 Å². The van der Waals surface area contributed by atoms with Gasteiger partial charge in [-0.1, -0.05) is 257 Å². The number of hydrogen-bond donors (Lipinski definition) is 0. The van der Waals surface area contributed by atoms with Gasteiger partial charge in [0.05, 0.1) is 11.4 Å². The molecule has 2 nitrogen and oxygen atoms in total. The van der Waals surface area contributed by atoms with Gasteiger partial charge in [-0.25, -0.2) is 0 Å². The summed E-state index contributed by atoms with van der Waals surface area (Å²) < 4.78 is 0. The maximum absolute atomic E-state index is 2.59. The number of rotatable bonds is 8. The molecule has 2 aliphatic heterocycles. The van der Waals surface area contributed by atoms with Crippen molar-refractivity contribution in [3.63, 3.8) is 0 Å². The molecule has 0 amide bonds. The molecule has 2 aliphatic rings. The lowest BCUT2D eigenvalue weighted by Crippen LogP contribution is -2.49. The minimum atomic E-state index is -2.18. The van der Waals surface area contributed by atoms with Gasteiger partial charge < -0.3 is 9.80 Å². The van der Waals surface area contributed by atoms with Crippen molar-refractivity contribution in [3.05, 3.63) is 279 Å². The van der Waals surface area contributed by atoms with Crippen molar-refractivity contribution in [3.8, 4) is 44.5 Å². The number of fused-ring (bicyclic) bond motifs is 13. The second-order valence-corrected chi connectivity index (χ2v) is 32.1. The second-order valence-electron chi connectivity index (χ2n) is 23.5. The largest absolute Gasteiger partial charge is 0.309 e. The van der Waals surface area contributed by atoms with Gasteiger partial charge in [0.15, 0.2) is 0 Å². The van der Waals surface area contributed by atoms with Gasteiger partial charge in [-0.05, 0) is 146 Å². The lowest BCUT2D eigenvalue weighted by Gasteiger charge is -2.29. The van der Waals surface area contributed by atoms with E-state index in [0.29, 0.717) is 0 Å². The Balaban J connectivity index is 0.843. The number of para-hydroxylation sites is 4. The van der Waals surface area contributed by atoms with E-state index in [0.717, 1.165) is 22.7 Å². The maximum atomic E-state index is 2.59. The molecule has 0 radical (unpaired) electrons. The van der Waals surface area contributed by atoms with Crippen LogP contribution >= 0.6 is 0 Å². The van der Waals surface area contributed by atoms with Crippen LogP contribution < -0.4 is 30.5 Å². The van der Waals surface area contributed by atoms with Gasteiger partial charge in [-0.2, -0.15) is 0 Å². The first-order valence-electron chi connectivity index (χ1n) is 28.8. The average molecular weight is 1080 g/mol. The van der Waals surface area contributed by atoms with Crippen molar-refractivity contribution in [1.82, 2.24) is 0 Å². The highest BCUT2D eigenvalue weighted by Crippen LogP contribution is 2.51. The summed E-state index contributed by atoms with van der Waals surface area (Å²) in [6.45, 7) is 10.3. The van der Waals surface area contributed by atoms with E-state index in [-0.39, 0.29) is 0 Å². The predicted octanol–water partition coefficient (Wildman–Crippen LogP) is 19.3. The van der Waals surface area contributed by atoms with Gasteiger partial charge in [0.1, 0.15) is 16.1 Å². The number of anilines is 6. The molecule has 0 bridgehead atoms. The summed E-state index contributed by atoms with van der Waals surface area (Å²) in [6.07, 6.45) is 0. The third-order valence-corrected chi connectivity index (χ3v) is 25.4. The average Bonchev–Trinajstić information content (AvgIpc) is 3.46. The minimum Gasteiger partial charge on any atom is -0.309 e. The predicted molar refractivity (Wildman–Crippen MR) is 359 cm³/mol. The monoisotopic (exact) mass is 1080 g/mol. The van der Waals surface area contributed by atoms with E-state index in [4.69, 9.17) is 0 Å². The van der Waals surface area contributed by atoms with Crippen LogP contribution in [-0.2, 0) is 0 Å². The molecule has 0 atom stereocenters. The molecule has 2 heterocycles. The van der Waals surface area contributed by atoms with E-state index >= 15 is 0 Å². The van der Waals surface area contributed by atoms with Crippen LogP contribution in [0.5, 0.6) is 0 Å². The number of nitrogens with zero attached hydrogens (tertiary/aromatic N) is 2. The fraction of sp³-hybridized carbons (Fsp3) is 0.0513. The van der Waals surface area contributed by atoms with E-state index in [2.05, 4.69) is 315 Å². The van der Waals surface area contributed by atoms with Gasteiger partial charge in [-0.3, -0.25) is 0 Å². The molecule has 0 fully saturated rings. The Morgan fingerprint density at radius 3 is 0.768 bits per heavy atom. The zero-order valence-corrected chi connectivity index (χ0v) is 48.5. The van der Waals surface area contributed by atoms with Crippen molar-refractivity contribution < 1.29 is 0 Å². The molecule has 0 spiro atoms. The molecule has 14 aromatic rings. The third-order valence-electron chi connectivity index (χ3n) is 18.4. The van der Waals surface area contributed by atoms with Gasteiger partial charge in [0.2, 0.25) is 0 Å². The van der Waals surface area contributed by atoms with Gasteiger partial charge in [-0.15, -0.1) is 0 Å². The molecule has 0 N–H and O–H groups in total. The van der Waals surface area contributed by atoms with E-state index < -0.39 is 16.1 Å². The Hall–Kier alpha value is -9.59. The minimum absolute atomic E-state index is 1.14. The molecule has 4 heteroatoms. The Morgan fingerprint density at radius 1 is 0.220 bits per heavy atom. The molecule has 0 saturated carbocycles. The normalized spacial score (nSPS) is 13.6. The Morgan fingerprint density at radius 2 is 0.476 bits per heavy atom. The number of benzene rings is 14. The molecular weight excluding hydrogens is 1020 g/mol. The molecule has 388 valence electrons. The van der Waals surface area contributed by atoms with Crippen molar-refractivity contribution >= 4 is 125 Å². The van der Waals surface area contributed by atoms with Gasteiger partial charge >= 0.3 is 0 Å². The van der Waals surface area contributed by atoms with Crippen LogP contribution in [-0.4, -0.2) is 16.1 Å². The van der Waals surface area contributed by atoms with E-state index in [1.54, 1.807) is 0 Å². The zero-order valence-electron chi connectivity index (χ0n) is 46.5. The van der Waals surface area contributed by atoms with Gasteiger partial charge in [0, 0.05) is 44.3 Å².